The van der Waals surface area contributed by atoms with Gasteiger partial charge in [-0.3, -0.25) is 9.59 Å². The van der Waals surface area contributed by atoms with Crippen LogP contribution in [0.5, 0.6) is 0 Å². The van der Waals surface area contributed by atoms with E-state index in [1.165, 1.54) is 0 Å². The molecule has 26 heavy (non-hydrogen) atoms. The number of nitrogens with two attached hydrogens (primary N) is 1. The van der Waals surface area contributed by atoms with Crippen LogP contribution < -0.4 is 11.1 Å². The SMILES string of the molecule is Cn1cc(CCC(=O)N[C@@](C)(C(N)=O)c2ccccc2)c2ccccc21. The average Bonchev–Trinajstić information content (AvgIpc) is 2.97. The molecular weight excluding hydrogens is 326 g/mol. The summed E-state index contributed by atoms with van der Waals surface area (Å²) in [5.41, 5.74) is 7.27. The Morgan fingerprint density at radius 2 is 1.73 bits per heavy atom. The summed E-state index contributed by atoms with van der Waals surface area (Å²) in [4.78, 5) is 24.5. The van der Waals surface area contributed by atoms with E-state index < -0.39 is 11.4 Å². The molecule has 5 nitrogen and oxygen atoms in total. The van der Waals surface area contributed by atoms with E-state index in [2.05, 4.69) is 22.0 Å². The lowest BCUT2D eigenvalue weighted by atomic mass is 9.91. The van der Waals surface area contributed by atoms with Crippen molar-refractivity contribution in [3.8, 4) is 0 Å². The quantitative estimate of drug-likeness (QED) is 0.718. The summed E-state index contributed by atoms with van der Waals surface area (Å²) < 4.78 is 2.06. The van der Waals surface area contributed by atoms with Crippen LogP contribution in [0.4, 0.5) is 0 Å². The fourth-order valence-electron chi connectivity index (χ4n) is 3.26. The van der Waals surface area contributed by atoms with Crippen LogP contribution in [0.1, 0.15) is 24.5 Å². The molecule has 2 amide bonds. The Balaban J connectivity index is 1.74. The van der Waals surface area contributed by atoms with Crippen LogP contribution in [0.3, 0.4) is 0 Å². The topological polar surface area (TPSA) is 77.1 Å². The lowest BCUT2D eigenvalue weighted by molar-refractivity contribution is -0.131. The zero-order valence-corrected chi connectivity index (χ0v) is 15.0. The Morgan fingerprint density at radius 3 is 2.42 bits per heavy atom. The Hall–Kier alpha value is -3.08. The molecule has 3 aromatic rings. The van der Waals surface area contributed by atoms with E-state index in [-0.39, 0.29) is 12.3 Å². The molecule has 0 aliphatic heterocycles. The van der Waals surface area contributed by atoms with Gasteiger partial charge < -0.3 is 15.6 Å². The Morgan fingerprint density at radius 1 is 1.08 bits per heavy atom. The molecule has 0 bridgehead atoms. The van der Waals surface area contributed by atoms with Crippen LogP contribution in [-0.4, -0.2) is 16.4 Å². The number of carbonyl (C=O) groups is 2. The molecular formula is C21H23N3O2. The molecule has 0 fully saturated rings. The number of para-hydroxylation sites is 1. The summed E-state index contributed by atoms with van der Waals surface area (Å²) in [5, 5.41) is 3.96. The number of primary amides is 1. The van der Waals surface area contributed by atoms with Crippen LogP contribution in [0, 0.1) is 0 Å². The first kappa shape index (κ1) is 17.7. The normalized spacial score (nSPS) is 13.3. The zero-order chi connectivity index (χ0) is 18.7. The van der Waals surface area contributed by atoms with Gasteiger partial charge in [-0.2, -0.15) is 0 Å². The summed E-state index contributed by atoms with van der Waals surface area (Å²) >= 11 is 0. The maximum atomic E-state index is 12.5. The molecule has 0 saturated carbocycles. The highest BCUT2D eigenvalue weighted by molar-refractivity contribution is 5.91. The molecule has 5 heteroatoms. The van der Waals surface area contributed by atoms with Crippen molar-refractivity contribution in [2.75, 3.05) is 0 Å². The van der Waals surface area contributed by atoms with E-state index in [0.29, 0.717) is 12.0 Å². The van der Waals surface area contributed by atoms with Gasteiger partial charge in [-0.15, -0.1) is 0 Å². The Kier molecular flexibility index (Phi) is 4.80. The van der Waals surface area contributed by atoms with Crippen molar-refractivity contribution in [1.82, 2.24) is 9.88 Å². The fraction of sp³-hybridized carbons (Fsp3) is 0.238. The van der Waals surface area contributed by atoms with Gasteiger partial charge in [-0.05, 0) is 30.5 Å². The second-order valence-electron chi connectivity index (χ2n) is 6.69. The number of rotatable bonds is 6. The van der Waals surface area contributed by atoms with Gasteiger partial charge >= 0.3 is 0 Å². The Labute approximate surface area is 152 Å². The zero-order valence-electron chi connectivity index (χ0n) is 15.0. The predicted octanol–water partition coefficient (Wildman–Crippen LogP) is 2.63. The number of nitrogens with one attached hydrogen (secondary N) is 1. The van der Waals surface area contributed by atoms with Crippen molar-refractivity contribution < 1.29 is 9.59 Å². The fourth-order valence-corrected chi connectivity index (χ4v) is 3.26. The highest BCUT2D eigenvalue weighted by Crippen LogP contribution is 2.23. The number of hydrogen-bond donors (Lipinski definition) is 2. The van der Waals surface area contributed by atoms with Crippen LogP contribution >= 0.6 is 0 Å². The molecule has 0 radical (unpaired) electrons. The van der Waals surface area contributed by atoms with E-state index >= 15 is 0 Å². The van der Waals surface area contributed by atoms with Crippen molar-refractivity contribution in [3.63, 3.8) is 0 Å². The third kappa shape index (κ3) is 3.33. The summed E-state index contributed by atoms with van der Waals surface area (Å²) in [6.45, 7) is 1.64. The summed E-state index contributed by atoms with van der Waals surface area (Å²) in [5.74, 6) is -0.787. The maximum Gasteiger partial charge on any atom is 0.247 e. The Bertz CT molecular complexity index is 946. The first-order valence-electron chi connectivity index (χ1n) is 8.61. The molecule has 134 valence electrons. The van der Waals surface area contributed by atoms with Crippen LogP contribution in [0.15, 0.2) is 60.8 Å². The molecule has 0 unspecified atom stereocenters. The van der Waals surface area contributed by atoms with Crippen molar-refractivity contribution >= 4 is 22.7 Å². The monoisotopic (exact) mass is 349 g/mol. The second kappa shape index (κ2) is 7.04. The van der Waals surface area contributed by atoms with Gasteiger partial charge in [-0.25, -0.2) is 0 Å². The van der Waals surface area contributed by atoms with E-state index in [4.69, 9.17) is 5.73 Å². The van der Waals surface area contributed by atoms with Gasteiger partial charge in [0.1, 0.15) is 5.54 Å². The smallest absolute Gasteiger partial charge is 0.247 e. The minimum absolute atomic E-state index is 0.205. The molecule has 2 aromatic carbocycles. The largest absolute Gasteiger partial charge is 0.367 e. The van der Waals surface area contributed by atoms with Gasteiger partial charge in [0, 0.05) is 30.6 Å². The third-order valence-corrected chi connectivity index (χ3v) is 4.83. The van der Waals surface area contributed by atoms with E-state index in [1.54, 1.807) is 19.1 Å². The van der Waals surface area contributed by atoms with Crippen LogP contribution in [0.25, 0.3) is 10.9 Å². The number of aryl methyl sites for hydroxylation is 2. The standard InChI is InChI=1S/C21H23N3O2/c1-21(20(22)26,16-8-4-3-5-9-16)23-19(25)13-12-15-14-24(2)18-11-7-6-10-17(15)18/h3-11,14H,12-13H2,1-2H3,(H2,22,26)(H,23,25)/t21-/m1/s1. The van der Waals surface area contributed by atoms with Crippen LogP contribution in [-0.2, 0) is 28.6 Å². The highest BCUT2D eigenvalue weighted by atomic mass is 16.2. The molecule has 3 rings (SSSR count). The summed E-state index contributed by atoms with van der Waals surface area (Å²) in [7, 11) is 1.99. The molecule has 3 N–H and O–H groups in total. The van der Waals surface area contributed by atoms with Gasteiger partial charge in [-0.1, -0.05) is 48.5 Å². The van der Waals surface area contributed by atoms with Crippen molar-refractivity contribution in [1.29, 1.82) is 0 Å². The average molecular weight is 349 g/mol. The minimum atomic E-state index is -1.23. The highest BCUT2D eigenvalue weighted by Gasteiger charge is 2.34. The number of carbonyl (C=O) groups excluding carboxylic acids is 2. The van der Waals surface area contributed by atoms with Gasteiger partial charge in [0.05, 0.1) is 0 Å². The van der Waals surface area contributed by atoms with Gasteiger partial charge in [0.25, 0.3) is 0 Å². The van der Waals surface area contributed by atoms with Gasteiger partial charge in [0.15, 0.2) is 0 Å². The first-order chi connectivity index (χ1) is 12.4. The third-order valence-electron chi connectivity index (χ3n) is 4.83. The first-order valence-corrected chi connectivity index (χ1v) is 8.61. The van der Waals surface area contributed by atoms with E-state index in [9.17, 15) is 9.59 Å². The molecule has 0 spiro atoms. The van der Waals surface area contributed by atoms with Crippen molar-refractivity contribution in [2.24, 2.45) is 12.8 Å². The maximum absolute atomic E-state index is 12.5. The van der Waals surface area contributed by atoms with Crippen molar-refractivity contribution in [3.05, 3.63) is 71.9 Å². The van der Waals surface area contributed by atoms with Crippen LogP contribution in [0.2, 0.25) is 0 Å². The molecule has 0 saturated heterocycles. The van der Waals surface area contributed by atoms with E-state index in [1.807, 2.05) is 43.6 Å². The lowest BCUT2D eigenvalue weighted by Crippen LogP contribution is -2.52. The predicted molar refractivity (Wildman–Crippen MR) is 102 cm³/mol. The number of hydrogen-bond acceptors (Lipinski definition) is 2. The molecule has 0 aliphatic carbocycles. The number of benzene rings is 2. The minimum Gasteiger partial charge on any atom is -0.367 e. The van der Waals surface area contributed by atoms with Gasteiger partial charge in [0.2, 0.25) is 11.8 Å². The number of amides is 2. The lowest BCUT2D eigenvalue weighted by Gasteiger charge is -2.28. The molecule has 1 atom stereocenters. The number of aromatic nitrogens is 1. The molecule has 1 heterocycles. The molecule has 0 aliphatic rings. The summed E-state index contributed by atoms with van der Waals surface area (Å²) in [6, 6.07) is 17.2. The second-order valence-corrected chi connectivity index (χ2v) is 6.69. The molecule has 1 aromatic heterocycles. The van der Waals surface area contributed by atoms with E-state index in [0.717, 1.165) is 16.5 Å². The summed E-state index contributed by atoms with van der Waals surface area (Å²) in [6.07, 6.45) is 2.92. The van der Waals surface area contributed by atoms with Crippen molar-refractivity contribution in [2.45, 2.75) is 25.3 Å². The number of fused-ring (bicyclic) bond motifs is 1. The number of nitrogens with zero attached hydrogens (tertiary/aromatic N) is 1.